The number of aliphatic hydroxyl groups excluding tert-OH is 2. The molecule has 0 aromatic heterocycles. The standard InChI is InChI=1S/C22H26O5/c23-13-18-19(24)20(25-14-16-7-3-1-4-8-16)22(11-12-22)21(27-18)26-15-17-9-5-2-6-10-17/h1-10,18-21,23-24H,11-15H2/t18-,19-,20+,21+/m0/s1. The van der Waals surface area contributed by atoms with Gasteiger partial charge in [-0.05, 0) is 24.0 Å². The summed E-state index contributed by atoms with van der Waals surface area (Å²) in [5, 5.41) is 20.4. The first-order valence-electron chi connectivity index (χ1n) is 9.48. The van der Waals surface area contributed by atoms with Gasteiger partial charge < -0.3 is 24.4 Å². The molecule has 2 aromatic carbocycles. The lowest BCUT2D eigenvalue weighted by Gasteiger charge is -2.44. The van der Waals surface area contributed by atoms with E-state index in [9.17, 15) is 10.2 Å². The summed E-state index contributed by atoms with van der Waals surface area (Å²) in [6.07, 6.45) is -0.763. The van der Waals surface area contributed by atoms with Crippen LogP contribution in [-0.4, -0.2) is 41.4 Å². The van der Waals surface area contributed by atoms with Gasteiger partial charge in [-0.1, -0.05) is 60.7 Å². The van der Waals surface area contributed by atoms with Gasteiger partial charge in [0.15, 0.2) is 6.29 Å². The summed E-state index contributed by atoms with van der Waals surface area (Å²) in [6, 6.07) is 19.8. The Balaban J connectivity index is 1.47. The molecule has 5 heteroatoms. The van der Waals surface area contributed by atoms with Crippen LogP contribution in [0.15, 0.2) is 60.7 Å². The average Bonchev–Trinajstić information content (AvgIpc) is 3.50. The first kappa shape index (κ1) is 18.6. The van der Waals surface area contributed by atoms with E-state index in [1.54, 1.807) is 0 Å². The first-order valence-corrected chi connectivity index (χ1v) is 9.48. The van der Waals surface area contributed by atoms with Crippen molar-refractivity contribution >= 4 is 0 Å². The monoisotopic (exact) mass is 370 g/mol. The lowest BCUT2D eigenvalue weighted by Crippen LogP contribution is -2.58. The van der Waals surface area contributed by atoms with Crippen molar-refractivity contribution in [2.45, 2.75) is 50.7 Å². The van der Waals surface area contributed by atoms with Gasteiger partial charge >= 0.3 is 0 Å². The molecule has 1 heterocycles. The van der Waals surface area contributed by atoms with Crippen LogP contribution in [0, 0.1) is 5.41 Å². The van der Waals surface area contributed by atoms with E-state index in [0.29, 0.717) is 13.2 Å². The molecule has 5 nitrogen and oxygen atoms in total. The van der Waals surface area contributed by atoms with E-state index in [-0.39, 0.29) is 12.0 Å². The van der Waals surface area contributed by atoms with E-state index in [4.69, 9.17) is 14.2 Å². The lowest BCUT2D eigenvalue weighted by atomic mass is 9.87. The Bertz CT molecular complexity index is 716. The Morgan fingerprint density at radius 1 is 0.889 bits per heavy atom. The molecule has 2 aliphatic rings. The summed E-state index contributed by atoms with van der Waals surface area (Å²) in [7, 11) is 0. The fourth-order valence-electron chi connectivity index (χ4n) is 3.84. The zero-order valence-electron chi connectivity index (χ0n) is 15.2. The van der Waals surface area contributed by atoms with Crippen molar-refractivity contribution in [3.8, 4) is 0 Å². The number of ether oxygens (including phenoxy) is 3. The van der Waals surface area contributed by atoms with Gasteiger partial charge in [-0.3, -0.25) is 0 Å². The van der Waals surface area contributed by atoms with E-state index in [1.165, 1.54) is 0 Å². The quantitative estimate of drug-likeness (QED) is 0.784. The van der Waals surface area contributed by atoms with Crippen LogP contribution in [0.3, 0.4) is 0 Å². The average molecular weight is 370 g/mol. The van der Waals surface area contributed by atoms with Crippen LogP contribution < -0.4 is 0 Å². The fraction of sp³-hybridized carbons (Fsp3) is 0.455. The van der Waals surface area contributed by atoms with Gasteiger partial charge in [-0.25, -0.2) is 0 Å². The number of rotatable bonds is 7. The lowest BCUT2D eigenvalue weighted by molar-refractivity contribution is -0.307. The molecule has 2 N–H and O–H groups in total. The molecule has 4 atom stereocenters. The molecule has 2 aromatic rings. The molecule has 27 heavy (non-hydrogen) atoms. The van der Waals surface area contributed by atoms with E-state index < -0.39 is 24.6 Å². The second-order valence-electron chi connectivity index (χ2n) is 7.43. The van der Waals surface area contributed by atoms with Gasteiger partial charge in [0.2, 0.25) is 0 Å². The van der Waals surface area contributed by atoms with Crippen LogP contribution in [0.25, 0.3) is 0 Å². The fourth-order valence-corrected chi connectivity index (χ4v) is 3.84. The predicted octanol–water partition coefficient (Wildman–Crippen LogP) is 2.65. The smallest absolute Gasteiger partial charge is 0.166 e. The highest BCUT2D eigenvalue weighted by atomic mass is 16.7. The number of aliphatic hydroxyl groups is 2. The summed E-state index contributed by atoms with van der Waals surface area (Å²) >= 11 is 0. The molecule has 2 fully saturated rings. The zero-order chi connectivity index (χ0) is 18.7. The molecular weight excluding hydrogens is 344 g/mol. The number of hydrogen-bond acceptors (Lipinski definition) is 5. The van der Waals surface area contributed by atoms with Gasteiger partial charge in [0, 0.05) is 0 Å². The molecule has 1 saturated carbocycles. The van der Waals surface area contributed by atoms with Crippen LogP contribution in [0.5, 0.6) is 0 Å². The van der Waals surface area contributed by atoms with Gasteiger partial charge in [-0.15, -0.1) is 0 Å². The Morgan fingerprint density at radius 3 is 1.96 bits per heavy atom. The normalized spacial score (nSPS) is 29.0. The third-order valence-electron chi connectivity index (χ3n) is 5.55. The Labute approximate surface area is 159 Å². The van der Waals surface area contributed by atoms with Crippen molar-refractivity contribution < 1.29 is 24.4 Å². The van der Waals surface area contributed by atoms with E-state index in [0.717, 1.165) is 24.0 Å². The van der Waals surface area contributed by atoms with Crippen LogP contribution in [0.1, 0.15) is 24.0 Å². The highest BCUT2D eigenvalue weighted by Crippen LogP contribution is 2.58. The molecule has 1 saturated heterocycles. The SMILES string of the molecule is OC[C@@H]1O[C@@H](OCc2ccccc2)C2(CC2)[C@H](OCc2ccccc2)[C@H]1O. The summed E-state index contributed by atoms with van der Waals surface area (Å²) in [5.41, 5.74) is 1.76. The van der Waals surface area contributed by atoms with Crippen molar-refractivity contribution in [1.82, 2.24) is 0 Å². The molecule has 0 bridgehead atoms. The van der Waals surface area contributed by atoms with Gasteiger partial charge in [-0.2, -0.15) is 0 Å². The van der Waals surface area contributed by atoms with Gasteiger partial charge in [0.25, 0.3) is 0 Å². The summed E-state index contributed by atoms with van der Waals surface area (Å²) in [4.78, 5) is 0. The molecule has 144 valence electrons. The number of hydrogen-bond donors (Lipinski definition) is 2. The van der Waals surface area contributed by atoms with Crippen molar-refractivity contribution in [2.75, 3.05) is 6.61 Å². The van der Waals surface area contributed by atoms with Crippen LogP contribution in [0.4, 0.5) is 0 Å². The minimum absolute atomic E-state index is 0.270. The maximum Gasteiger partial charge on any atom is 0.166 e. The topological polar surface area (TPSA) is 68.2 Å². The Morgan fingerprint density at radius 2 is 1.44 bits per heavy atom. The summed E-state index contributed by atoms with van der Waals surface area (Å²) < 4.78 is 18.2. The summed E-state index contributed by atoms with van der Waals surface area (Å²) in [6.45, 7) is 0.564. The maximum atomic E-state index is 10.7. The van der Waals surface area contributed by atoms with E-state index in [2.05, 4.69) is 0 Å². The van der Waals surface area contributed by atoms with Crippen molar-refractivity contribution in [3.63, 3.8) is 0 Å². The van der Waals surface area contributed by atoms with E-state index >= 15 is 0 Å². The third kappa shape index (κ3) is 3.93. The van der Waals surface area contributed by atoms with Gasteiger partial charge in [0.05, 0.1) is 31.3 Å². The second-order valence-corrected chi connectivity index (χ2v) is 7.43. The molecule has 4 rings (SSSR count). The molecule has 1 spiro atoms. The minimum atomic E-state index is -0.877. The van der Waals surface area contributed by atoms with Crippen molar-refractivity contribution in [2.24, 2.45) is 5.41 Å². The highest BCUT2D eigenvalue weighted by molar-refractivity contribution is 5.16. The Kier molecular flexibility index (Phi) is 5.57. The Hall–Kier alpha value is -1.76. The molecule has 0 radical (unpaired) electrons. The number of benzene rings is 2. The van der Waals surface area contributed by atoms with Crippen LogP contribution in [-0.2, 0) is 27.4 Å². The highest BCUT2D eigenvalue weighted by Gasteiger charge is 2.64. The third-order valence-corrected chi connectivity index (χ3v) is 5.55. The van der Waals surface area contributed by atoms with E-state index in [1.807, 2.05) is 60.7 Å². The van der Waals surface area contributed by atoms with Crippen LogP contribution >= 0.6 is 0 Å². The molecule has 0 unspecified atom stereocenters. The van der Waals surface area contributed by atoms with Crippen molar-refractivity contribution in [1.29, 1.82) is 0 Å². The zero-order valence-corrected chi connectivity index (χ0v) is 15.2. The largest absolute Gasteiger partial charge is 0.394 e. The second kappa shape index (κ2) is 8.09. The minimum Gasteiger partial charge on any atom is -0.394 e. The summed E-state index contributed by atoms with van der Waals surface area (Å²) in [5.74, 6) is 0. The first-order chi connectivity index (χ1) is 13.2. The molecule has 1 aliphatic carbocycles. The molecule has 0 amide bonds. The molecular formula is C22H26O5. The van der Waals surface area contributed by atoms with Crippen LogP contribution in [0.2, 0.25) is 0 Å². The maximum absolute atomic E-state index is 10.7. The van der Waals surface area contributed by atoms with Crippen molar-refractivity contribution in [3.05, 3.63) is 71.8 Å². The predicted molar refractivity (Wildman–Crippen MR) is 99.7 cm³/mol. The van der Waals surface area contributed by atoms with Gasteiger partial charge in [0.1, 0.15) is 12.2 Å². The molecule has 1 aliphatic heterocycles.